The average Bonchev–Trinajstić information content (AvgIpc) is 2.72. The Labute approximate surface area is 109 Å². The molecule has 5 heteroatoms. The minimum atomic E-state index is -0.499. The summed E-state index contributed by atoms with van der Waals surface area (Å²) in [4.78, 5) is 0. The second kappa shape index (κ2) is 5.42. The molecular weight excluding hydrogens is 257 g/mol. The van der Waals surface area contributed by atoms with Gasteiger partial charge in [-0.05, 0) is 25.1 Å². The zero-order valence-electron chi connectivity index (χ0n) is 9.87. The van der Waals surface area contributed by atoms with Gasteiger partial charge >= 0.3 is 0 Å². The van der Waals surface area contributed by atoms with Crippen LogP contribution in [0.2, 0.25) is 5.02 Å². The molecule has 0 aliphatic carbocycles. The van der Waals surface area contributed by atoms with E-state index in [1.165, 1.54) is 12.1 Å². The van der Waals surface area contributed by atoms with Gasteiger partial charge < -0.3 is 14.9 Å². The lowest BCUT2D eigenvalue weighted by Crippen LogP contribution is -1.96. The van der Waals surface area contributed by atoms with Crippen molar-refractivity contribution in [2.45, 2.75) is 20.1 Å². The van der Waals surface area contributed by atoms with Crippen LogP contribution in [-0.2, 0) is 13.2 Å². The summed E-state index contributed by atoms with van der Waals surface area (Å²) in [6, 6.07) is 6.16. The van der Waals surface area contributed by atoms with E-state index >= 15 is 0 Å². The van der Waals surface area contributed by atoms with E-state index in [-0.39, 0.29) is 5.02 Å². The van der Waals surface area contributed by atoms with Gasteiger partial charge in [0.25, 0.3) is 0 Å². The van der Waals surface area contributed by atoms with Crippen LogP contribution in [-0.4, -0.2) is 0 Å². The maximum absolute atomic E-state index is 13.2. The lowest BCUT2D eigenvalue weighted by atomic mass is 10.2. The van der Waals surface area contributed by atoms with E-state index in [0.717, 1.165) is 11.3 Å². The van der Waals surface area contributed by atoms with Crippen LogP contribution in [0.15, 0.2) is 28.7 Å². The number of aryl methyl sites for hydroxylation is 1. The molecule has 0 fully saturated rings. The number of benzene rings is 1. The van der Waals surface area contributed by atoms with Crippen LogP contribution < -0.4 is 10.5 Å². The maximum Gasteiger partial charge on any atom is 0.145 e. The van der Waals surface area contributed by atoms with Gasteiger partial charge in [-0.15, -0.1) is 0 Å². The van der Waals surface area contributed by atoms with E-state index in [4.69, 9.17) is 26.5 Å². The lowest BCUT2D eigenvalue weighted by Gasteiger charge is -2.05. The first kappa shape index (κ1) is 12.9. The minimum absolute atomic E-state index is 0.0762. The molecule has 0 amide bonds. The average molecular weight is 270 g/mol. The number of ether oxygens (including phenoxy) is 1. The normalized spacial score (nSPS) is 10.7. The van der Waals surface area contributed by atoms with Crippen LogP contribution >= 0.6 is 11.6 Å². The first-order valence-electron chi connectivity index (χ1n) is 5.46. The zero-order valence-corrected chi connectivity index (χ0v) is 10.6. The highest BCUT2D eigenvalue weighted by molar-refractivity contribution is 6.30. The van der Waals surface area contributed by atoms with Crippen molar-refractivity contribution in [1.82, 2.24) is 0 Å². The van der Waals surface area contributed by atoms with E-state index in [1.54, 1.807) is 6.07 Å². The second-order valence-electron chi connectivity index (χ2n) is 3.86. The van der Waals surface area contributed by atoms with Crippen LogP contribution in [0.3, 0.4) is 0 Å². The molecule has 18 heavy (non-hydrogen) atoms. The Morgan fingerprint density at radius 3 is 2.78 bits per heavy atom. The number of rotatable bonds is 4. The molecule has 1 heterocycles. The Morgan fingerprint density at radius 2 is 2.17 bits per heavy atom. The van der Waals surface area contributed by atoms with Gasteiger partial charge in [0.05, 0.1) is 11.6 Å². The van der Waals surface area contributed by atoms with E-state index in [0.29, 0.717) is 24.7 Å². The Morgan fingerprint density at radius 1 is 1.39 bits per heavy atom. The molecule has 1 aromatic heterocycles. The smallest absolute Gasteiger partial charge is 0.145 e. The van der Waals surface area contributed by atoms with Gasteiger partial charge in [-0.1, -0.05) is 11.6 Å². The molecule has 96 valence electrons. The fourth-order valence-electron chi connectivity index (χ4n) is 1.56. The fraction of sp³-hybridized carbons (Fsp3) is 0.231. The summed E-state index contributed by atoms with van der Waals surface area (Å²) in [6.07, 6.45) is 0. The molecule has 0 aliphatic rings. The van der Waals surface area contributed by atoms with Crippen molar-refractivity contribution in [2.75, 3.05) is 0 Å². The van der Waals surface area contributed by atoms with Crippen molar-refractivity contribution in [2.24, 2.45) is 5.73 Å². The topological polar surface area (TPSA) is 48.4 Å². The molecule has 1 aromatic carbocycles. The molecule has 0 aliphatic heterocycles. The van der Waals surface area contributed by atoms with E-state index < -0.39 is 5.82 Å². The second-order valence-corrected chi connectivity index (χ2v) is 4.27. The first-order valence-corrected chi connectivity index (χ1v) is 5.84. The number of halogens is 2. The summed E-state index contributed by atoms with van der Waals surface area (Å²) in [5.74, 6) is 1.38. The third kappa shape index (κ3) is 2.83. The molecule has 0 spiro atoms. The molecule has 2 rings (SSSR count). The van der Waals surface area contributed by atoms with Crippen LogP contribution in [0, 0.1) is 12.7 Å². The van der Waals surface area contributed by atoms with Crippen molar-refractivity contribution in [3.8, 4) is 5.75 Å². The Bertz CT molecular complexity index is 554. The molecule has 0 atom stereocenters. The minimum Gasteiger partial charge on any atom is -0.489 e. The van der Waals surface area contributed by atoms with E-state index in [9.17, 15) is 4.39 Å². The molecular formula is C13H13ClFNO2. The summed E-state index contributed by atoms with van der Waals surface area (Å²) in [6.45, 7) is 2.48. The molecule has 2 aromatic rings. The van der Waals surface area contributed by atoms with Gasteiger partial charge in [0.15, 0.2) is 0 Å². The zero-order chi connectivity index (χ0) is 13.1. The lowest BCUT2D eigenvalue weighted by molar-refractivity contribution is 0.301. The third-order valence-corrected chi connectivity index (χ3v) is 2.86. The van der Waals surface area contributed by atoms with Crippen molar-refractivity contribution >= 4 is 11.6 Å². The predicted molar refractivity (Wildman–Crippen MR) is 67.1 cm³/mol. The van der Waals surface area contributed by atoms with Crippen molar-refractivity contribution in [3.63, 3.8) is 0 Å². The number of furan rings is 1. The highest BCUT2D eigenvalue weighted by atomic mass is 35.5. The first-order chi connectivity index (χ1) is 8.60. The summed E-state index contributed by atoms with van der Waals surface area (Å²) in [5.41, 5.74) is 6.37. The Hall–Kier alpha value is -1.52. The molecule has 3 nitrogen and oxygen atoms in total. The largest absolute Gasteiger partial charge is 0.489 e. The maximum atomic E-state index is 13.2. The standard InChI is InChI=1S/C13H13ClFNO2/c1-8-9(4-11(6-16)18-8)7-17-10-2-3-12(14)13(15)5-10/h2-5H,6-7,16H2,1H3. The SMILES string of the molecule is Cc1oc(CN)cc1COc1ccc(Cl)c(F)c1. The molecule has 0 saturated heterocycles. The van der Waals surface area contributed by atoms with Crippen molar-refractivity contribution in [1.29, 1.82) is 0 Å². The van der Waals surface area contributed by atoms with Gasteiger partial charge in [-0.3, -0.25) is 0 Å². The molecule has 2 N–H and O–H groups in total. The Kier molecular flexibility index (Phi) is 3.89. The van der Waals surface area contributed by atoms with Gasteiger partial charge in [0.2, 0.25) is 0 Å². The summed E-state index contributed by atoms with van der Waals surface area (Å²) >= 11 is 5.59. The van der Waals surface area contributed by atoms with Crippen molar-refractivity contribution in [3.05, 3.63) is 52.2 Å². The summed E-state index contributed by atoms with van der Waals surface area (Å²) in [5, 5.41) is 0.0762. The third-order valence-electron chi connectivity index (χ3n) is 2.56. The highest BCUT2D eigenvalue weighted by Gasteiger charge is 2.08. The monoisotopic (exact) mass is 269 g/mol. The van der Waals surface area contributed by atoms with Crippen molar-refractivity contribution < 1.29 is 13.5 Å². The van der Waals surface area contributed by atoms with Gasteiger partial charge in [-0.2, -0.15) is 0 Å². The van der Waals surface area contributed by atoms with Gasteiger partial charge in [0, 0.05) is 11.6 Å². The fourth-order valence-corrected chi connectivity index (χ4v) is 1.68. The van der Waals surface area contributed by atoms with Crippen LogP contribution in [0.4, 0.5) is 4.39 Å². The molecule has 0 unspecified atom stereocenters. The molecule has 0 bridgehead atoms. The molecule has 0 radical (unpaired) electrons. The van der Waals surface area contributed by atoms with Crippen LogP contribution in [0.1, 0.15) is 17.1 Å². The predicted octanol–water partition coefficient (Wildman–Crippen LogP) is 3.42. The van der Waals surface area contributed by atoms with Crippen LogP contribution in [0.25, 0.3) is 0 Å². The highest BCUT2D eigenvalue weighted by Crippen LogP contribution is 2.22. The van der Waals surface area contributed by atoms with E-state index in [1.807, 2.05) is 13.0 Å². The Balaban J connectivity index is 2.06. The molecule has 0 saturated carbocycles. The number of nitrogens with two attached hydrogens (primary N) is 1. The van der Waals surface area contributed by atoms with Gasteiger partial charge in [0.1, 0.15) is 29.7 Å². The van der Waals surface area contributed by atoms with Gasteiger partial charge in [-0.25, -0.2) is 4.39 Å². The number of hydrogen-bond donors (Lipinski definition) is 1. The number of hydrogen-bond acceptors (Lipinski definition) is 3. The van der Waals surface area contributed by atoms with Crippen LogP contribution in [0.5, 0.6) is 5.75 Å². The summed E-state index contributed by atoms with van der Waals surface area (Å²) < 4.78 is 24.1. The quantitative estimate of drug-likeness (QED) is 0.925. The summed E-state index contributed by atoms with van der Waals surface area (Å²) in [7, 11) is 0. The van der Waals surface area contributed by atoms with E-state index in [2.05, 4.69) is 0 Å².